The maximum absolute atomic E-state index is 6.25. The topological polar surface area (TPSA) is 45.6 Å². The number of nitrogens with one attached hydrogen (secondary N) is 2. The summed E-state index contributed by atoms with van der Waals surface area (Å²) >= 11 is 6.25. The van der Waals surface area contributed by atoms with Gasteiger partial charge in [0, 0.05) is 49.3 Å². The summed E-state index contributed by atoms with van der Waals surface area (Å²) < 4.78 is 1.99. The first-order valence-electron chi connectivity index (χ1n) is 6.77. The maximum Gasteiger partial charge on any atom is 0.0733 e. The van der Waals surface area contributed by atoms with Crippen molar-refractivity contribution < 1.29 is 0 Å². The third-order valence-electron chi connectivity index (χ3n) is 4.00. The molecule has 0 bridgehead atoms. The van der Waals surface area contributed by atoms with Crippen LogP contribution in [0.2, 0.25) is 5.02 Å². The van der Waals surface area contributed by atoms with Crippen LogP contribution in [0.1, 0.15) is 11.3 Å². The van der Waals surface area contributed by atoms with Gasteiger partial charge in [-0.3, -0.25) is 4.68 Å². The molecule has 5 heteroatoms. The number of aromatic amines is 1. The molecule has 1 aliphatic rings. The second kappa shape index (κ2) is 4.36. The molecule has 0 saturated heterocycles. The Morgan fingerprint density at radius 3 is 3.10 bits per heavy atom. The van der Waals surface area contributed by atoms with Crippen molar-refractivity contribution in [3.05, 3.63) is 40.7 Å². The second-order valence-corrected chi connectivity index (χ2v) is 5.59. The second-order valence-electron chi connectivity index (χ2n) is 5.19. The molecule has 0 spiro atoms. The van der Waals surface area contributed by atoms with E-state index in [1.807, 2.05) is 24.0 Å². The standard InChI is InChI=1S/C15H15ClN4/c1-20-15(11-8-17-6-5-13(11)19-20)10-2-3-12(16)14-9(10)4-7-18-14/h2-4,7,17-18H,5-6,8H2,1H3. The molecular formula is C15H15ClN4. The van der Waals surface area contributed by atoms with Crippen LogP contribution in [0.3, 0.4) is 0 Å². The monoisotopic (exact) mass is 286 g/mol. The lowest BCUT2D eigenvalue weighted by molar-refractivity contribution is 0.633. The quantitative estimate of drug-likeness (QED) is 0.722. The molecule has 0 atom stereocenters. The number of H-pyrrole nitrogens is 1. The Kier molecular flexibility index (Phi) is 2.62. The molecule has 102 valence electrons. The fraction of sp³-hybridized carbons (Fsp3) is 0.267. The average Bonchev–Trinajstić information content (AvgIpc) is 3.04. The fourth-order valence-corrected chi connectivity index (χ4v) is 3.31. The minimum atomic E-state index is 0.753. The summed E-state index contributed by atoms with van der Waals surface area (Å²) in [6.45, 7) is 1.89. The number of nitrogens with zero attached hydrogens (tertiary/aromatic N) is 2. The summed E-state index contributed by atoms with van der Waals surface area (Å²) in [6, 6.07) is 6.11. The van der Waals surface area contributed by atoms with Gasteiger partial charge in [-0.05, 0) is 12.1 Å². The van der Waals surface area contributed by atoms with Gasteiger partial charge in [0.2, 0.25) is 0 Å². The zero-order chi connectivity index (χ0) is 13.7. The summed E-state index contributed by atoms with van der Waals surface area (Å²) in [5.41, 5.74) is 5.88. The van der Waals surface area contributed by atoms with Crippen molar-refractivity contribution in [3.63, 3.8) is 0 Å². The summed E-state index contributed by atoms with van der Waals surface area (Å²) in [5.74, 6) is 0. The van der Waals surface area contributed by atoms with E-state index in [0.717, 1.165) is 35.4 Å². The number of fused-ring (bicyclic) bond motifs is 2. The molecule has 2 N–H and O–H groups in total. The van der Waals surface area contributed by atoms with Gasteiger partial charge in [0.1, 0.15) is 0 Å². The molecule has 1 aromatic carbocycles. The van der Waals surface area contributed by atoms with E-state index in [4.69, 9.17) is 11.6 Å². The summed E-state index contributed by atoms with van der Waals surface area (Å²) in [6.07, 6.45) is 2.92. The van der Waals surface area contributed by atoms with E-state index in [1.165, 1.54) is 22.5 Å². The normalized spacial score (nSPS) is 14.7. The molecule has 0 radical (unpaired) electrons. The third-order valence-corrected chi connectivity index (χ3v) is 4.31. The van der Waals surface area contributed by atoms with E-state index in [0.29, 0.717) is 0 Å². The van der Waals surface area contributed by atoms with Gasteiger partial charge in [-0.1, -0.05) is 17.7 Å². The van der Waals surface area contributed by atoms with Crippen molar-refractivity contribution in [1.29, 1.82) is 0 Å². The zero-order valence-electron chi connectivity index (χ0n) is 11.2. The SMILES string of the molecule is Cn1nc2c(c1-c1ccc(Cl)c3[nH]ccc13)CNCC2. The van der Waals surface area contributed by atoms with Gasteiger partial charge in [-0.25, -0.2) is 0 Å². The smallest absolute Gasteiger partial charge is 0.0733 e. The van der Waals surface area contributed by atoms with Gasteiger partial charge in [0.15, 0.2) is 0 Å². The minimum Gasteiger partial charge on any atom is -0.360 e. The summed E-state index contributed by atoms with van der Waals surface area (Å²) in [4.78, 5) is 3.21. The molecule has 20 heavy (non-hydrogen) atoms. The third kappa shape index (κ3) is 1.62. The number of benzene rings is 1. The van der Waals surface area contributed by atoms with Gasteiger partial charge in [-0.2, -0.15) is 5.10 Å². The Morgan fingerprint density at radius 1 is 1.30 bits per heavy atom. The Bertz CT molecular complexity index is 800. The molecule has 1 aliphatic heterocycles. The van der Waals surface area contributed by atoms with E-state index in [2.05, 4.69) is 27.5 Å². The van der Waals surface area contributed by atoms with Crippen molar-refractivity contribution in [1.82, 2.24) is 20.1 Å². The van der Waals surface area contributed by atoms with Crippen LogP contribution in [0.5, 0.6) is 0 Å². The molecular weight excluding hydrogens is 272 g/mol. The maximum atomic E-state index is 6.25. The highest BCUT2D eigenvalue weighted by atomic mass is 35.5. The van der Waals surface area contributed by atoms with Crippen LogP contribution in [0.4, 0.5) is 0 Å². The Hall–Kier alpha value is -1.78. The predicted octanol–water partition coefficient (Wildman–Crippen LogP) is 2.87. The molecule has 4 nitrogen and oxygen atoms in total. The fourth-order valence-electron chi connectivity index (χ4n) is 3.09. The number of hydrogen-bond donors (Lipinski definition) is 2. The zero-order valence-corrected chi connectivity index (χ0v) is 12.0. The highest BCUT2D eigenvalue weighted by Crippen LogP contribution is 2.35. The number of aryl methyl sites for hydroxylation is 1. The molecule has 2 aromatic heterocycles. The summed E-state index contributed by atoms with van der Waals surface area (Å²) in [7, 11) is 2.01. The lowest BCUT2D eigenvalue weighted by Crippen LogP contribution is -2.23. The van der Waals surface area contributed by atoms with Crippen LogP contribution in [-0.2, 0) is 20.0 Å². The van der Waals surface area contributed by atoms with Crippen LogP contribution in [-0.4, -0.2) is 21.3 Å². The molecule has 0 saturated carbocycles. The van der Waals surface area contributed by atoms with E-state index in [-0.39, 0.29) is 0 Å². The Balaban J connectivity index is 2.02. The highest BCUT2D eigenvalue weighted by molar-refractivity contribution is 6.35. The van der Waals surface area contributed by atoms with Crippen LogP contribution < -0.4 is 5.32 Å². The Labute approximate surface area is 121 Å². The van der Waals surface area contributed by atoms with E-state index in [9.17, 15) is 0 Å². The minimum absolute atomic E-state index is 0.753. The number of rotatable bonds is 1. The molecule has 3 heterocycles. The first-order chi connectivity index (χ1) is 9.75. The van der Waals surface area contributed by atoms with Crippen molar-refractivity contribution in [3.8, 4) is 11.3 Å². The summed E-state index contributed by atoms with van der Waals surface area (Å²) in [5, 5.41) is 10.0. The largest absolute Gasteiger partial charge is 0.360 e. The molecule has 0 amide bonds. The van der Waals surface area contributed by atoms with E-state index < -0.39 is 0 Å². The van der Waals surface area contributed by atoms with Crippen molar-refractivity contribution >= 4 is 22.5 Å². The van der Waals surface area contributed by atoms with Crippen molar-refractivity contribution in [2.45, 2.75) is 13.0 Å². The number of halogens is 1. The van der Waals surface area contributed by atoms with Crippen LogP contribution in [0.15, 0.2) is 24.4 Å². The predicted molar refractivity (Wildman–Crippen MR) is 80.9 cm³/mol. The van der Waals surface area contributed by atoms with Crippen LogP contribution in [0, 0.1) is 0 Å². The van der Waals surface area contributed by atoms with Crippen molar-refractivity contribution in [2.75, 3.05) is 6.54 Å². The van der Waals surface area contributed by atoms with E-state index >= 15 is 0 Å². The van der Waals surface area contributed by atoms with E-state index in [1.54, 1.807) is 0 Å². The molecule has 0 fully saturated rings. The van der Waals surface area contributed by atoms with Gasteiger partial charge >= 0.3 is 0 Å². The molecule has 4 rings (SSSR count). The van der Waals surface area contributed by atoms with Gasteiger partial charge in [0.25, 0.3) is 0 Å². The molecule has 0 unspecified atom stereocenters. The Morgan fingerprint density at radius 2 is 2.20 bits per heavy atom. The lowest BCUT2D eigenvalue weighted by Gasteiger charge is -2.14. The molecule has 0 aliphatic carbocycles. The van der Waals surface area contributed by atoms with Crippen molar-refractivity contribution in [2.24, 2.45) is 7.05 Å². The highest BCUT2D eigenvalue weighted by Gasteiger charge is 2.21. The van der Waals surface area contributed by atoms with Crippen LogP contribution >= 0.6 is 11.6 Å². The number of aromatic nitrogens is 3. The molecule has 3 aromatic rings. The lowest BCUT2D eigenvalue weighted by atomic mass is 9.99. The van der Waals surface area contributed by atoms with Gasteiger partial charge in [0.05, 0.1) is 21.9 Å². The van der Waals surface area contributed by atoms with Gasteiger partial charge in [-0.15, -0.1) is 0 Å². The van der Waals surface area contributed by atoms with Gasteiger partial charge < -0.3 is 10.3 Å². The average molecular weight is 287 g/mol. The van der Waals surface area contributed by atoms with Crippen LogP contribution in [0.25, 0.3) is 22.2 Å². The first kappa shape index (κ1) is 12.0. The number of hydrogen-bond acceptors (Lipinski definition) is 2. The first-order valence-corrected chi connectivity index (χ1v) is 7.15.